The lowest BCUT2D eigenvalue weighted by molar-refractivity contribution is -0.139. The SMILES string of the molecule is C=C(CCl)C(=O)OCCC(O)CCC. The van der Waals surface area contributed by atoms with Crippen LogP contribution in [0.25, 0.3) is 0 Å². The average Bonchev–Trinajstić information content (AvgIpc) is 2.16. The molecule has 0 aliphatic carbocycles. The highest BCUT2D eigenvalue weighted by molar-refractivity contribution is 6.22. The maximum Gasteiger partial charge on any atom is 0.334 e. The number of alkyl halides is 1. The van der Waals surface area contributed by atoms with Crippen molar-refractivity contribution in [2.45, 2.75) is 32.3 Å². The first-order valence-corrected chi connectivity index (χ1v) is 5.24. The molecule has 0 bridgehead atoms. The lowest BCUT2D eigenvalue weighted by Gasteiger charge is -2.09. The highest BCUT2D eigenvalue weighted by atomic mass is 35.5. The summed E-state index contributed by atoms with van der Waals surface area (Å²) in [7, 11) is 0. The topological polar surface area (TPSA) is 46.5 Å². The van der Waals surface area contributed by atoms with Gasteiger partial charge in [-0.25, -0.2) is 4.79 Å². The zero-order chi connectivity index (χ0) is 11.0. The lowest BCUT2D eigenvalue weighted by atomic mass is 10.1. The van der Waals surface area contributed by atoms with Crippen LogP contribution >= 0.6 is 11.6 Å². The Hall–Kier alpha value is -0.540. The van der Waals surface area contributed by atoms with E-state index in [2.05, 4.69) is 6.58 Å². The third kappa shape index (κ3) is 6.00. The van der Waals surface area contributed by atoms with Gasteiger partial charge in [-0.15, -0.1) is 11.6 Å². The zero-order valence-electron chi connectivity index (χ0n) is 8.46. The Bertz CT molecular complexity index is 192. The maximum absolute atomic E-state index is 11.0. The Morgan fingerprint density at radius 3 is 2.71 bits per heavy atom. The van der Waals surface area contributed by atoms with Crippen LogP contribution in [-0.4, -0.2) is 29.7 Å². The standard InChI is InChI=1S/C10H17ClO3/c1-3-4-9(12)5-6-14-10(13)8(2)7-11/h9,12H,2-7H2,1H3. The fourth-order valence-electron chi connectivity index (χ4n) is 0.922. The van der Waals surface area contributed by atoms with Gasteiger partial charge >= 0.3 is 5.97 Å². The van der Waals surface area contributed by atoms with Crippen LogP contribution in [0.3, 0.4) is 0 Å². The van der Waals surface area contributed by atoms with E-state index in [1.165, 1.54) is 0 Å². The molecule has 0 radical (unpaired) electrons. The fraction of sp³-hybridized carbons (Fsp3) is 0.700. The average molecular weight is 221 g/mol. The van der Waals surface area contributed by atoms with Crippen LogP contribution < -0.4 is 0 Å². The molecule has 0 fully saturated rings. The van der Waals surface area contributed by atoms with E-state index in [9.17, 15) is 9.90 Å². The molecule has 82 valence electrons. The highest BCUT2D eigenvalue weighted by Crippen LogP contribution is 2.03. The first-order chi connectivity index (χ1) is 6.61. The number of carbonyl (C=O) groups excluding carboxylic acids is 1. The number of hydrogen-bond acceptors (Lipinski definition) is 3. The van der Waals surface area contributed by atoms with Gasteiger partial charge in [0.1, 0.15) is 0 Å². The minimum absolute atomic E-state index is 0.0797. The van der Waals surface area contributed by atoms with Crippen molar-refractivity contribution >= 4 is 17.6 Å². The normalized spacial score (nSPS) is 12.2. The Labute approximate surface area is 89.7 Å². The van der Waals surface area contributed by atoms with Gasteiger partial charge in [0.25, 0.3) is 0 Å². The van der Waals surface area contributed by atoms with Crippen molar-refractivity contribution in [2.24, 2.45) is 0 Å². The van der Waals surface area contributed by atoms with Gasteiger partial charge in [0.15, 0.2) is 0 Å². The largest absolute Gasteiger partial charge is 0.462 e. The van der Waals surface area contributed by atoms with E-state index in [-0.39, 0.29) is 18.1 Å². The summed E-state index contributed by atoms with van der Waals surface area (Å²) >= 11 is 5.39. The third-order valence-corrected chi connectivity index (χ3v) is 2.08. The molecule has 14 heavy (non-hydrogen) atoms. The Morgan fingerprint density at radius 2 is 2.21 bits per heavy atom. The van der Waals surface area contributed by atoms with Crippen molar-refractivity contribution in [1.29, 1.82) is 0 Å². The Balaban J connectivity index is 3.53. The molecule has 1 atom stereocenters. The van der Waals surface area contributed by atoms with Gasteiger partial charge in [-0.2, -0.15) is 0 Å². The van der Waals surface area contributed by atoms with Crippen molar-refractivity contribution in [1.82, 2.24) is 0 Å². The van der Waals surface area contributed by atoms with E-state index >= 15 is 0 Å². The van der Waals surface area contributed by atoms with Gasteiger partial charge in [-0.1, -0.05) is 19.9 Å². The van der Waals surface area contributed by atoms with Crippen molar-refractivity contribution in [3.8, 4) is 0 Å². The number of aliphatic hydroxyl groups is 1. The summed E-state index contributed by atoms with van der Waals surface area (Å²) in [6.45, 7) is 5.65. The molecule has 1 unspecified atom stereocenters. The molecule has 0 aromatic heterocycles. The van der Waals surface area contributed by atoms with Crippen molar-refractivity contribution in [2.75, 3.05) is 12.5 Å². The van der Waals surface area contributed by atoms with E-state index in [1.54, 1.807) is 0 Å². The molecule has 0 spiro atoms. The van der Waals surface area contributed by atoms with Crippen molar-refractivity contribution in [3.63, 3.8) is 0 Å². The predicted molar refractivity (Wildman–Crippen MR) is 56.4 cm³/mol. The van der Waals surface area contributed by atoms with Crippen LogP contribution in [0.15, 0.2) is 12.2 Å². The lowest BCUT2D eigenvalue weighted by Crippen LogP contribution is -2.14. The van der Waals surface area contributed by atoms with Crippen LogP contribution in [0.2, 0.25) is 0 Å². The van der Waals surface area contributed by atoms with E-state index in [4.69, 9.17) is 16.3 Å². The fourth-order valence-corrected chi connectivity index (χ4v) is 1.03. The van der Waals surface area contributed by atoms with Crippen molar-refractivity contribution < 1.29 is 14.6 Å². The first-order valence-electron chi connectivity index (χ1n) is 4.70. The number of hydrogen-bond donors (Lipinski definition) is 1. The Kier molecular flexibility index (Phi) is 7.52. The summed E-state index contributed by atoms with van der Waals surface area (Å²) in [5.74, 6) is -0.403. The molecule has 0 aliphatic rings. The molecule has 0 aliphatic heterocycles. The number of ether oxygens (including phenoxy) is 1. The van der Waals surface area contributed by atoms with Crippen LogP contribution in [0.5, 0.6) is 0 Å². The number of halogens is 1. The molecular weight excluding hydrogens is 204 g/mol. The Morgan fingerprint density at radius 1 is 1.57 bits per heavy atom. The number of rotatable bonds is 7. The van der Waals surface area contributed by atoms with Crippen molar-refractivity contribution in [3.05, 3.63) is 12.2 Å². The summed E-state index contributed by atoms with van der Waals surface area (Å²) in [4.78, 5) is 11.0. The van der Waals surface area contributed by atoms with Gasteiger partial charge in [0, 0.05) is 12.0 Å². The molecule has 0 aromatic rings. The van der Waals surface area contributed by atoms with Gasteiger partial charge < -0.3 is 9.84 Å². The summed E-state index contributed by atoms with van der Waals surface area (Å²) in [6, 6.07) is 0. The van der Waals surface area contributed by atoms with Gasteiger partial charge in [0.05, 0.1) is 18.6 Å². The van der Waals surface area contributed by atoms with Gasteiger partial charge in [-0.05, 0) is 6.42 Å². The third-order valence-electron chi connectivity index (χ3n) is 1.76. The van der Waals surface area contributed by atoms with Crippen LogP contribution in [-0.2, 0) is 9.53 Å². The van der Waals surface area contributed by atoms with E-state index in [0.29, 0.717) is 6.42 Å². The molecule has 4 heteroatoms. The molecular formula is C10H17ClO3. The monoisotopic (exact) mass is 220 g/mol. The second kappa shape index (κ2) is 7.83. The predicted octanol–water partition coefficient (Wildman–Crippen LogP) is 1.88. The van der Waals surface area contributed by atoms with Crippen LogP contribution in [0, 0.1) is 0 Å². The molecule has 1 N–H and O–H groups in total. The summed E-state index contributed by atoms with van der Waals surface area (Å²) in [5, 5.41) is 9.32. The second-order valence-corrected chi connectivity index (χ2v) is 3.37. The number of aliphatic hydroxyl groups excluding tert-OH is 1. The van der Waals surface area contributed by atoms with E-state index in [1.807, 2.05) is 6.92 Å². The smallest absolute Gasteiger partial charge is 0.334 e. The minimum atomic E-state index is -0.483. The molecule has 0 aromatic carbocycles. The molecule has 0 saturated carbocycles. The van der Waals surface area contributed by atoms with E-state index in [0.717, 1.165) is 12.8 Å². The van der Waals surface area contributed by atoms with E-state index < -0.39 is 12.1 Å². The van der Waals surface area contributed by atoms with Gasteiger partial charge in [-0.3, -0.25) is 0 Å². The summed E-state index contributed by atoms with van der Waals surface area (Å²) < 4.78 is 4.83. The minimum Gasteiger partial charge on any atom is -0.462 e. The van der Waals surface area contributed by atoms with Crippen LogP contribution in [0.4, 0.5) is 0 Å². The molecule has 0 amide bonds. The first kappa shape index (κ1) is 13.5. The molecule has 0 saturated heterocycles. The zero-order valence-corrected chi connectivity index (χ0v) is 9.22. The number of carbonyl (C=O) groups is 1. The summed E-state index contributed by atoms with van der Waals surface area (Å²) in [6.07, 6.45) is 1.73. The summed E-state index contributed by atoms with van der Waals surface area (Å²) in [5.41, 5.74) is 0.247. The maximum atomic E-state index is 11.0. The van der Waals surface area contributed by atoms with Gasteiger partial charge in [0.2, 0.25) is 0 Å². The molecule has 0 rings (SSSR count). The second-order valence-electron chi connectivity index (χ2n) is 3.10. The number of esters is 1. The molecule has 0 heterocycles. The van der Waals surface area contributed by atoms with Crippen LogP contribution in [0.1, 0.15) is 26.2 Å². The quantitative estimate of drug-likeness (QED) is 0.405. The highest BCUT2D eigenvalue weighted by Gasteiger charge is 2.08. The molecule has 3 nitrogen and oxygen atoms in total.